The van der Waals surface area contributed by atoms with Crippen LogP contribution in [0.5, 0.6) is 0 Å². The van der Waals surface area contributed by atoms with Crippen molar-refractivity contribution in [1.29, 1.82) is 0 Å². The van der Waals surface area contributed by atoms with Gasteiger partial charge in [-0.15, -0.1) is 0 Å². The van der Waals surface area contributed by atoms with Crippen LogP contribution in [0.15, 0.2) is 29.2 Å². The van der Waals surface area contributed by atoms with Crippen molar-refractivity contribution in [3.8, 4) is 0 Å². The molecule has 130 valence electrons. The number of piperidine rings is 1. The van der Waals surface area contributed by atoms with E-state index in [0.717, 1.165) is 12.8 Å². The fraction of sp³-hybridized carbons (Fsp3) is 0.588. The summed E-state index contributed by atoms with van der Waals surface area (Å²) in [6, 6.07) is 4.82. The molecule has 0 radical (unpaired) electrons. The standard InChI is InChI=1S/C17H23N3O4/c21-15-5-1-2-6-20(15)13-16(22)19-7-3-4-14(12-19)17(23)18-8-10-24-11-9-18/h1-2,5-6,14H,3-4,7-13H2. The van der Waals surface area contributed by atoms with Gasteiger partial charge in [0.2, 0.25) is 11.8 Å². The average Bonchev–Trinajstić information content (AvgIpc) is 2.64. The van der Waals surface area contributed by atoms with E-state index in [2.05, 4.69) is 0 Å². The van der Waals surface area contributed by atoms with Gasteiger partial charge in [-0.1, -0.05) is 6.07 Å². The minimum absolute atomic E-state index is 0.0259. The molecule has 1 atom stereocenters. The zero-order valence-corrected chi connectivity index (χ0v) is 13.7. The molecule has 1 aromatic rings. The number of carbonyl (C=O) groups excluding carboxylic acids is 2. The van der Waals surface area contributed by atoms with Crippen LogP contribution in [0.25, 0.3) is 0 Å². The molecule has 7 nitrogen and oxygen atoms in total. The number of morpholine rings is 1. The molecule has 3 heterocycles. The van der Waals surface area contributed by atoms with Crippen molar-refractivity contribution < 1.29 is 14.3 Å². The van der Waals surface area contributed by atoms with E-state index in [9.17, 15) is 14.4 Å². The third-order valence-electron chi connectivity index (χ3n) is 4.65. The van der Waals surface area contributed by atoms with Gasteiger partial charge in [-0.05, 0) is 18.9 Å². The highest BCUT2D eigenvalue weighted by Gasteiger charge is 2.31. The van der Waals surface area contributed by atoms with E-state index in [-0.39, 0.29) is 29.8 Å². The molecule has 24 heavy (non-hydrogen) atoms. The van der Waals surface area contributed by atoms with Crippen molar-refractivity contribution in [3.05, 3.63) is 34.7 Å². The molecular weight excluding hydrogens is 310 g/mol. The Morgan fingerprint density at radius 3 is 2.67 bits per heavy atom. The number of ether oxygens (including phenoxy) is 1. The fourth-order valence-electron chi connectivity index (χ4n) is 3.28. The highest BCUT2D eigenvalue weighted by molar-refractivity contribution is 5.81. The Morgan fingerprint density at radius 1 is 1.12 bits per heavy atom. The molecule has 0 bridgehead atoms. The lowest BCUT2D eigenvalue weighted by molar-refractivity contribution is -0.144. The lowest BCUT2D eigenvalue weighted by Crippen LogP contribution is -2.50. The van der Waals surface area contributed by atoms with Crippen LogP contribution in [0.1, 0.15) is 12.8 Å². The summed E-state index contributed by atoms with van der Waals surface area (Å²) in [5, 5.41) is 0. The Hall–Kier alpha value is -2.15. The first kappa shape index (κ1) is 16.7. The van der Waals surface area contributed by atoms with Crippen LogP contribution in [0.2, 0.25) is 0 Å². The Balaban J connectivity index is 1.60. The van der Waals surface area contributed by atoms with Gasteiger partial charge < -0.3 is 19.1 Å². The molecule has 1 aromatic heterocycles. The molecule has 0 aliphatic carbocycles. The maximum atomic E-state index is 12.6. The summed E-state index contributed by atoms with van der Waals surface area (Å²) >= 11 is 0. The maximum Gasteiger partial charge on any atom is 0.250 e. The van der Waals surface area contributed by atoms with Crippen molar-refractivity contribution in [2.24, 2.45) is 5.92 Å². The summed E-state index contributed by atoms with van der Waals surface area (Å²) in [5.41, 5.74) is -0.191. The Labute approximate surface area is 140 Å². The number of amides is 2. The van der Waals surface area contributed by atoms with Crippen molar-refractivity contribution in [2.45, 2.75) is 19.4 Å². The summed E-state index contributed by atoms with van der Waals surface area (Å²) in [5.74, 6) is -0.135. The number of hydrogen-bond acceptors (Lipinski definition) is 4. The van der Waals surface area contributed by atoms with E-state index < -0.39 is 0 Å². The van der Waals surface area contributed by atoms with Gasteiger partial charge in [0.25, 0.3) is 5.56 Å². The number of carbonyl (C=O) groups is 2. The van der Waals surface area contributed by atoms with Crippen LogP contribution in [0, 0.1) is 5.92 Å². The number of hydrogen-bond donors (Lipinski definition) is 0. The third-order valence-corrected chi connectivity index (χ3v) is 4.65. The normalized spacial score (nSPS) is 21.6. The molecule has 2 fully saturated rings. The second-order valence-corrected chi connectivity index (χ2v) is 6.28. The predicted octanol–water partition coefficient (Wildman–Crippen LogP) is -0.0543. The molecule has 0 spiro atoms. The number of aromatic nitrogens is 1. The quantitative estimate of drug-likeness (QED) is 0.777. The van der Waals surface area contributed by atoms with E-state index in [0.29, 0.717) is 39.4 Å². The van der Waals surface area contributed by atoms with E-state index in [4.69, 9.17) is 4.74 Å². The molecule has 3 rings (SSSR count). The largest absolute Gasteiger partial charge is 0.378 e. The van der Waals surface area contributed by atoms with Crippen LogP contribution in [-0.2, 0) is 20.9 Å². The Kier molecular flexibility index (Phi) is 5.30. The van der Waals surface area contributed by atoms with E-state index in [1.807, 2.05) is 4.90 Å². The van der Waals surface area contributed by atoms with Gasteiger partial charge in [-0.3, -0.25) is 14.4 Å². The maximum absolute atomic E-state index is 12.6. The van der Waals surface area contributed by atoms with Crippen molar-refractivity contribution in [1.82, 2.24) is 14.4 Å². The van der Waals surface area contributed by atoms with Gasteiger partial charge in [0.05, 0.1) is 19.1 Å². The second kappa shape index (κ2) is 7.61. The first-order valence-electron chi connectivity index (χ1n) is 8.45. The SMILES string of the molecule is O=C(Cn1ccccc1=O)N1CCCC(C(=O)N2CCOCC2)C1. The zero-order valence-electron chi connectivity index (χ0n) is 13.7. The number of nitrogens with zero attached hydrogens (tertiary/aromatic N) is 3. The second-order valence-electron chi connectivity index (χ2n) is 6.28. The molecule has 0 saturated carbocycles. The molecule has 0 aromatic carbocycles. The van der Waals surface area contributed by atoms with Crippen molar-refractivity contribution in [2.75, 3.05) is 39.4 Å². The predicted molar refractivity (Wildman–Crippen MR) is 87.4 cm³/mol. The van der Waals surface area contributed by atoms with Crippen LogP contribution in [0.4, 0.5) is 0 Å². The lowest BCUT2D eigenvalue weighted by Gasteiger charge is -2.36. The first-order valence-corrected chi connectivity index (χ1v) is 8.45. The highest BCUT2D eigenvalue weighted by atomic mass is 16.5. The zero-order chi connectivity index (χ0) is 16.9. The van der Waals surface area contributed by atoms with Crippen LogP contribution in [-0.4, -0.2) is 65.6 Å². The summed E-state index contributed by atoms with van der Waals surface area (Å²) in [6.07, 6.45) is 3.24. The van der Waals surface area contributed by atoms with Gasteiger partial charge in [0.15, 0.2) is 0 Å². The number of rotatable bonds is 3. The first-order chi connectivity index (χ1) is 11.6. The summed E-state index contributed by atoms with van der Waals surface area (Å²) in [7, 11) is 0. The van der Waals surface area contributed by atoms with E-state index in [1.165, 1.54) is 10.6 Å². The monoisotopic (exact) mass is 333 g/mol. The Morgan fingerprint density at radius 2 is 1.92 bits per heavy atom. The average molecular weight is 333 g/mol. The lowest BCUT2D eigenvalue weighted by atomic mass is 9.96. The third kappa shape index (κ3) is 3.84. The number of pyridine rings is 1. The van der Waals surface area contributed by atoms with Crippen molar-refractivity contribution in [3.63, 3.8) is 0 Å². The van der Waals surface area contributed by atoms with Crippen LogP contribution in [0.3, 0.4) is 0 Å². The van der Waals surface area contributed by atoms with Gasteiger partial charge >= 0.3 is 0 Å². The summed E-state index contributed by atoms with van der Waals surface area (Å²) < 4.78 is 6.68. The van der Waals surface area contributed by atoms with Gasteiger partial charge in [0, 0.05) is 38.4 Å². The number of likely N-dealkylation sites (tertiary alicyclic amines) is 1. The topological polar surface area (TPSA) is 71.9 Å². The summed E-state index contributed by atoms with van der Waals surface area (Å²) in [4.78, 5) is 40.4. The Bertz CT molecular complexity index is 651. The van der Waals surface area contributed by atoms with E-state index in [1.54, 1.807) is 23.2 Å². The molecule has 1 unspecified atom stereocenters. The van der Waals surface area contributed by atoms with Gasteiger partial charge in [-0.25, -0.2) is 0 Å². The molecule has 2 aliphatic rings. The van der Waals surface area contributed by atoms with E-state index >= 15 is 0 Å². The van der Waals surface area contributed by atoms with Crippen molar-refractivity contribution >= 4 is 11.8 Å². The minimum atomic E-state index is -0.191. The van der Waals surface area contributed by atoms with Gasteiger partial charge in [-0.2, -0.15) is 0 Å². The highest BCUT2D eigenvalue weighted by Crippen LogP contribution is 2.20. The summed E-state index contributed by atoms with van der Waals surface area (Å²) in [6.45, 7) is 3.53. The van der Waals surface area contributed by atoms with Crippen LogP contribution >= 0.6 is 0 Å². The molecule has 2 aliphatic heterocycles. The molecule has 0 N–H and O–H groups in total. The molecule has 2 amide bonds. The molecular formula is C17H23N3O4. The fourth-order valence-corrected chi connectivity index (χ4v) is 3.28. The molecule has 7 heteroatoms. The van der Waals surface area contributed by atoms with Crippen LogP contribution < -0.4 is 5.56 Å². The van der Waals surface area contributed by atoms with Gasteiger partial charge in [0.1, 0.15) is 6.54 Å². The minimum Gasteiger partial charge on any atom is -0.378 e. The molecule has 2 saturated heterocycles. The smallest absolute Gasteiger partial charge is 0.250 e.